The standard InChI is InChI=1S/C22H20N6O6/c1-2-34-16-10-13(28(32)33)8-9-15(16)24-20(30)14-11-17(29)25-19-18(14)21(31)27-22(26-19)23-12-6-4-3-5-7-12/h3-10,14H,2,11H2,1H3,(H,24,30)(H3,23,25,26,27,29,31)/t14-/m0/s1. The first-order chi connectivity index (χ1) is 16.4. The number of H-pyrrole nitrogens is 1. The van der Waals surface area contributed by atoms with E-state index < -0.39 is 28.2 Å². The molecule has 0 fully saturated rings. The van der Waals surface area contributed by atoms with E-state index in [1.165, 1.54) is 18.2 Å². The number of nitro groups is 1. The number of nitrogens with zero attached hydrogens (tertiary/aromatic N) is 2. The van der Waals surface area contributed by atoms with Crippen LogP contribution >= 0.6 is 0 Å². The molecule has 2 amide bonds. The van der Waals surface area contributed by atoms with Crippen LogP contribution in [0.15, 0.2) is 53.3 Å². The largest absolute Gasteiger partial charge is 0.491 e. The normalized spacial score (nSPS) is 14.5. The Morgan fingerprint density at radius 1 is 1.24 bits per heavy atom. The van der Waals surface area contributed by atoms with E-state index in [9.17, 15) is 24.5 Å². The summed E-state index contributed by atoms with van der Waals surface area (Å²) in [4.78, 5) is 55.6. The lowest BCUT2D eigenvalue weighted by Crippen LogP contribution is -2.36. The summed E-state index contributed by atoms with van der Waals surface area (Å²) in [6.07, 6.45) is -0.272. The highest BCUT2D eigenvalue weighted by molar-refractivity contribution is 6.05. The number of amides is 2. The minimum Gasteiger partial charge on any atom is -0.491 e. The maximum absolute atomic E-state index is 13.1. The number of para-hydroxylation sites is 1. The van der Waals surface area contributed by atoms with Gasteiger partial charge >= 0.3 is 0 Å². The number of benzene rings is 2. The van der Waals surface area contributed by atoms with E-state index >= 15 is 0 Å². The van der Waals surface area contributed by atoms with Crippen molar-refractivity contribution < 1.29 is 19.2 Å². The van der Waals surface area contributed by atoms with Gasteiger partial charge < -0.3 is 20.7 Å². The zero-order valence-electron chi connectivity index (χ0n) is 18.0. The summed E-state index contributed by atoms with van der Waals surface area (Å²) in [6.45, 7) is 1.90. The summed E-state index contributed by atoms with van der Waals surface area (Å²) in [6, 6.07) is 12.7. The van der Waals surface area contributed by atoms with E-state index in [1.54, 1.807) is 31.2 Å². The van der Waals surface area contributed by atoms with E-state index in [0.717, 1.165) is 0 Å². The lowest BCUT2D eigenvalue weighted by Gasteiger charge is -2.24. The monoisotopic (exact) mass is 464 g/mol. The number of aromatic amines is 1. The second kappa shape index (κ2) is 9.40. The van der Waals surface area contributed by atoms with Gasteiger partial charge in [-0.15, -0.1) is 0 Å². The molecule has 2 aromatic carbocycles. The third-order valence-electron chi connectivity index (χ3n) is 5.04. The van der Waals surface area contributed by atoms with Crippen LogP contribution in [0.3, 0.4) is 0 Å². The lowest BCUT2D eigenvalue weighted by molar-refractivity contribution is -0.384. The Kier molecular flexibility index (Phi) is 6.21. The van der Waals surface area contributed by atoms with Gasteiger partial charge in [-0.3, -0.25) is 29.5 Å². The fourth-order valence-corrected chi connectivity index (χ4v) is 3.54. The van der Waals surface area contributed by atoms with Crippen LogP contribution in [0.2, 0.25) is 0 Å². The van der Waals surface area contributed by atoms with Crippen LogP contribution in [-0.4, -0.2) is 33.3 Å². The number of hydrogen-bond acceptors (Lipinski definition) is 8. The van der Waals surface area contributed by atoms with Gasteiger partial charge in [-0.05, 0) is 25.1 Å². The van der Waals surface area contributed by atoms with Crippen LogP contribution in [0.25, 0.3) is 0 Å². The fourth-order valence-electron chi connectivity index (χ4n) is 3.54. The zero-order valence-corrected chi connectivity index (χ0v) is 18.0. The zero-order chi connectivity index (χ0) is 24.2. The molecule has 3 aromatic rings. The van der Waals surface area contributed by atoms with E-state index in [1.807, 2.05) is 6.07 Å². The number of aromatic nitrogens is 2. The quantitative estimate of drug-likeness (QED) is 0.306. The van der Waals surface area contributed by atoms with E-state index in [4.69, 9.17) is 4.74 Å². The van der Waals surface area contributed by atoms with Gasteiger partial charge in [0.15, 0.2) is 0 Å². The summed E-state index contributed by atoms with van der Waals surface area (Å²) in [7, 11) is 0. The number of nitrogens with one attached hydrogen (secondary N) is 4. The molecule has 0 unspecified atom stereocenters. The molecule has 12 heteroatoms. The Labute approximate surface area is 192 Å². The van der Waals surface area contributed by atoms with Crippen LogP contribution in [-0.2, 0) is 9.59 Å². The second-order valence-electron chi connectivity index (χ2n) is 7.33. The molecule has 4 N–H and O–H groups in total. The molecular formula is C22H20N6O6. The molecule has 1 aliphatic rings. The first-order valence-electron chi connectivity index (χ1n) is 10.3. The van der Waals surface area contributed by atoms with Gasteiger partial charge in [-0.2, -0.15) is 4.98 Å². The summed E-state index contributed by atoms with van der Waals surface area (Å²) < 4.78 is 5.42. The van der Waals surface area contributed by atoms with Gasteiger partial charge in [0.25, 0.3) is 11.2 Å². The van der Waals surface area contributed by atoms with Crippen molar-refractivity contribution in [3.05, 3.63) is 74.6 Å². The highest BCUT2D eigenvalue weighted by Gasteiger charge is 2.35. The second-order valence-corrected chi connectivity index (χ2v) is 7.33. The topological polar surface area (TPSA) is 168 Å². The average Bonchev–Trinajstić information content (AvgIpc) is 2.80. The predicted octanol–water partition coefficient (Wildman–Crippen LogP) is 2.88. The van der Waals surface area contributed by atoms with Crippen molar-refractivity contribution in [2.24, 2.45) is 0 Å². The lowest BCUT2D eigenvalue weighted by atomic mass is 9.92. The molecule has 2 heterocycles. The summed E-state index contributed by atoms with van der Waals surface area (Å²) in [5, 5.41) is 19.1. The third-order valence-corrected chi connectivity index (χ3v) is 5.04. The number of fused-ring (bicyclic) bond motifs is 1. The van der Waals surface area contributed by atoms with Crippen molar-refractivity contribution in [3.8, 4) is 5.75 Å². The predicted molar refractivity (Wildman–Crippen MR) is 123 cm³/mol. The molecule has 0 spiro atoms. The minimum atomic E-state index is -1.13. The van der Waals surface area contributed by atoms with Crippen LogP contribution in [0.1, 0.15) is 24.8 Å². The Balaban J connectivity index is 1.64. The molecular weight excluding hydrogens is 444 g/mol. The van der Waals surface area contributed by atoms with Crippen LogP contribution < -0.4 is 26.2 Å². The molecule has 12 nitrogen and oxygen atoms in total. The van der Waals surface area contributed by atoms with Crippen molar-refractivity contribution in [2.75, 3.05) is 22.6 Å². The van der Waals surface area contributed by atoms with Gasteiger partial charge in [0.2, 0.25) is 17.8 Å². The van der Waals surface area contributed by atoms with E-state index in [-0.39, 0.29) is 47.5 Å². The SMILES string of the molecule is CCOc1cc([N+](=O)[O-])ccc1NC(=O)[C@H]1CC(=O)Nc2nc(Nc3ccccc3)[nH]c(=O)c21. The summed E-state index contributed by atoms with van der Waals surface area (Å²) in [5.41, 5.74) is 0.0659. The van der Waals surface area contributed by atoms with Gasteiger partial charge in [0, 0.05) is 18.2 Å². The molecule has 4 rings (SSSR count). The van der Waals surface area contributed by atoms with Gasteiger partial charge in [0.05, 0.1) is 34.8 Å². The summed E-state index contributed by atoms with van der Waals surface area (Å²) >= 11 is 0. The number of ether oxygens (including phenoxy) is 1. The number of hydrogen-bond donors (Lipinski definition) is 4. The van der Waals surface area contributed by atoms with Crippen molar-refractivity contribution in [2.45, 2.75) is 19.3 Å². The third kappa shape index (κ3) is 4.70. The van der Waals surface area contributed by atoms with Crippen molar-refractivity contribution in [1.82, 2.24) is 9.97 Å². The van der Waals surface area contributed by atoms with Crippen LogP contribution in [0.5, 0.6) is 5.75 Å². The molecule has 0 aliphatic carbocycles. The van der Waals surface area contributed by atoms with Crippen molar-refractivity contribution >= 4 is 40.6 Å². The highest BCUT2D eigenvalue weighted by atomic mass is 16.6. The van der Waals surface area contributed by atoms with Crippen LogP contribution in [0.4, 0.5) is 28.8 Å². The van der Waals surface area contributed by atoms with Crippen molar-refractivity contribution in [1.29, 1.82) is 0 Å². The van der Waals surface area contributed by atoms with Gasteiger partial charge in [-0.25, -0.2) is 0 Å². The van der Waals surface area contributed by atoms with Gasteiger partial charge in [-0.1, -0.05) is 18.2 Å². The Bertz CT molecular complexity index is 1320. The first-order valence-corrected chi connectivity index (χ1v) is 10.3. The van der Waals surface area contributed by atoms with Crippen molar-refractivity contribution in [3.63, 3.8) is 0 Å². The Morgan fingerprint density at radius 3 is 2.71 bits per heavy atom. The summed E-state index contributed by atoms with van der Waals surface area (Å²) in [5.74, 6) is -2.08. The molecule has 0 bridgehead atoms. The minimum absolute atomic E-state index is 0.00980. The number of carbonyl (C=O) groups excluding carboxylic acids is 2. The molecule has 1 aliphatic heterocycles. The smallest absolute Gasteiger partial charge is 0.273 e. The molecule has 0 saturated carbocycles. The van der Waals surface area contributed by atoms with Gasteiger partial charge in [0.1, 0.15) is 11.6 Å². The molecule has 1 atom stereocenters. The number of non-ortho nitro benzene ring substituents is 1. The Hall–Kier alpha value is -4.74. The number of carbonyl (C=O) groups is 2. The maximum atomic E-state index is 13.1. The number of nitro benzene ring substituents is 1. The average molecular weight is 464 g/mol. The number of anilines is 4. The fraction of sp³-hybridized carbons (Fsp3) is 0.182. The molecule has 0 radical (unpaired) electrons. The maximum Gasteiger partial charge on any atom is 0.273 e. The Morgan fingerprint density at radius 2 is 2.00 bits per heavy atom. The van der Waals surface area contributed by atoms with Crippen LogP contribution in [0, 0.1) is 10.1 Å². The van der Waals surface area contributed by atoms with E-state index in [0.29, 0.717) is 5.69 Å². The first kappa shape index (κ1) is 22.5. The number of rotatable bonds is 7. The molecule has 34 heavy (non-hydrogen) atoms. The molecule has 174 valence electrons. The van der Waals surface area contributed by atoms with E-state index in [2.05, 4.69) is 25.9 Å². The highest BCUT2D eigenvalue weighted by Crippen LogP contribution is 2.33. The molecule has 1 aromatic heterocycles. The molecule has 0 saturated heterocycles.